The number of rotatable bonds is 36. The Hall–Kier alpha value is -4.55. The van der Waals surface area contributed by atoms with Crippen molar-refractivity contribution < 1.29 is 62.9 Å². The molecule has 418 valence electrons. The molecular weight excluding hydrogens is 959 g/mol. The number of nitrogens with zero attached hydrogens (tertiary/aromatic N) is 2. The number of amides is 2. The minimum Gasteiger partial charge on any atom is -0.459 e. The fraction of sp³-hybridized carbons (Fsp3) is 0.678. The molecule has 0 aromatic heterocycles. The van der Waals surface area contributed by atoms with Gasteiger partial charge in [-0.05, 0) is 86.1 Å². The van der Waals surface area contributed by atoms with Gasteiger partial charge in [-0.25, -0.2) is 9.59 Å². The molecule has 2 amide bonds. The number of nitrogens with one attached hydrogen (secondary N) is 1. The molecule has 16 nitrogen and oxygen atoms in total. The van der Waals surface area contributed by atoms with Crippen LogP contribution in [0.5, 0.6) is 11.5 Å². The van der Waals surface area contributed by atoms with Crippen molar-refractivity contribution in [3.8, 4) is 11.5 Å². The van der Waals surface area contributed by atoms with Crippen molar-refractivity contribution in [2.24, 2.45) is 22.9 Å². The quantitative estimate of drug-likeness (QED) is 0.0286. The van der Waals surface area contributed by atoms with Crippen LogP contribution in [0.1, 0.15) is 152 Å². The van der Waals surface area contributed by atoms with Crippen molar-refractivity contribution in [3.05, 3.63) is 84.0 Å². The Morgan fingerprint density at radius 3 is 2.33 bits per heavy atom. The number of ether oxygens (including phenoxy) is 7. The zero-order valence-electron chi connectivity index (χ0n) is 44.9. The Labute approximate surface area is 446 Å². The number of allylic oxidation sites excluding steroid dienone is 1. The Morgan fingerprint density at radius 1 is 0.853 bits per heavy atom. The van der Waals surface area contributed by atoms with E-state index in [0.717, 1.165) is 74.5 Å². The van der Waals surface area contributed by atoms with Gasteiger partial charge < -0.3 is 58.6 Å². The summed E-state index contributed by atoms with van der Waals surface area (Å²) < 4.78 is 44.3. The number of oxime groups is 1. The van der Waals surface area contributed by atoms with Crippen molar-refractivity contribution in [2.45, 2.75) is 166 Å². The van der Waals surface area contributed by atoms with Gasteiger partial charge in [0.05, 0.1) is 57.9 Å². The maximum atomic E-state index is 14.8. The number of aliphatic hydroxyl groups excluding tert-OH is 3. The topological polar surface area (TPSA) is 196 Å². The number of carbonyl (C=O) groups excluding carboxylic acids is 2. The van der Waals surface area contributed by atoms with Gasteiger partial charge in [-0.1, -0.05) is 125 Å². The predicted octanol–water partition coefficient (Wildman–Crippen LogP) is 10.5. The number of benzene rings is 2. The summed E-state index contributed by atoms with van der Waals surface area (Å²) in [5.41, 5.74) is 3.27. The van der Waals surface area contributed by atoms with Gasteiger partial charge >= 0.3 is 12.2 Å². The van der Waals surface area contributed by atoms with Crippen LogP contribution in [0, 0.1) is 17.8 Å². The molecule has 2 aromatic carbocycles. The van der Waals surface area contributed by atoms with E-state index in [0.29, 0.717) is 56.2 Å². The summed E-state index contributed by atoms with van der Waals surface area (Å²) >= 11 is 0. The highest BCUT2D eigenvalue weighted by atomic mass is 16.8. The molecule has 7 unspecified atom stereocenters. The molecule has 16 heteroatoms. The van der Waals surface area contributed by atoms with Crippen molar-refractivity contribution >= 4 is 17.9 Å². The molecule has 2 heterocycles. The summed E-state index contributed by atoms with van der Waals surface area (Å²) in [6.45, 7) is 7.98. The van der Waals surface area contributed by atoms with Crippen molar-refractivity contribution in [2.75, 3.05) is 72.6 Å². The molecule has 4 aliphatic rings. The minimum absolute atomic E-state index is 0.0139. The number of fused-ring (bicyclic) bond motifs is 2. The van der Waals surface area contributed by atoms with Crippen LogP contribution in [-0.4, -0.2) is 129 Å². The lowest BCUT2D eigenvalue weighted by atomic mass is 9.55. The molecule has 4 N–H and O–H groups in total. The Kier molecular flexibility index (Phi) is 26.7. The molecule has 2 aliphatic heterocycles. The van der Waals surface area contributed by atoms with Gasteiger partial charge in [-0.2, -0.15) is 0 Å². The highest BCUT2D eigenvalue weighted by Gasteiger charge is 2.65. The third-order valence-corrected chi connectivity index (χ3v) is 15.0. The van der Waals surface area contributed by atoms with Crippen LogP contribution in [0.2, 0.25) is 0 Å². The largest absolute Gasteiger partial charge is 0.459 e. The standard InChI is InChI=1S/C59H89N3O13/c1-3-5-6-7-8-9-10-11-12-19-30-60-57(66)73-47-28-29-52-50(42-47)55-48(26-17-21-33-64)46(25-16-20-32-63)41-49-51(61-75-54-27-18-22-36-70-54)43-53(59(74-52,56(49)55)72-35-4-2)62(31-37-68-38-34-65)58(67)71-40-39-69-44-45-23-14-13-15-24-45/h4,13-15,23-24,28-29,41-42,46,48,53-56,63-65H,2-3,5-12,16-22,25-27,30-40,43-44H2,1H3,(H,60,66). The summed E-state index contributed by atoms with van der Waals surface area (Å²) in [5.74, 6) is -1.75. The van der Waals surface area contributed by atoms with E-state index >= 15 is 0 Å². The molecule has 75 heavy (non-hydrogen) atoms. The molecule has 2 aliphatic carbocycles. The summed E-state index contributed by atoms with van der Waals surface area (Å²) in [6, 6.07) is 14.3. The van der Waals surface area contributed by atoms with Gasteiger partial charge in [0.25, 0.3) is 0 Å². The summed E-state index contributed by atoms with van der Waals surface area (Å²) in [6.07, 6.45) is 21.1. The lowest BCUT2D eigenvalue weighted by Crippen LogP contribution is -2.70. The van der Waals surface area contributed by atoms with E-state index in [2.05, 4.69) is 24.9 Å². The fourth-order valence-corrected chi connectivity index (χ4v) is 11.3. The second kappa shape index (κ2) is 33.6. The lowest BCUT2D eigenvalue weighted by molar-refractivity contribution is -0.256. The first-order valence-corrected chi connectivity index (χ1v) is 28.4. The minimum atomic E-state index is -1.57. The van der Waals surface area contributed by atoms with Gasteiger partial charge in [0.15, 0.2) is 0 Å². The third kappa shape index (κ3) is 18.0. The van der Waals surface area contributed by atoms with Gasteiger partial charge in [0.2, 0.25) is 12.1 Å². The van der Waals surface area contributed by atoms with E-state index < -0.39 is 36.2 Å². The van der Waals surface area contributed by atoms with E-state index in [4.69, 9.17) is 43.2 Å². The van der Waals surface area contributed by atoms with Crippen LogP contribution in [-0.2, 0) is 35.1 Å². The van der Waals surface area contributed by atoms with Crippen molar-refractivity contribution in [1.82, 2.24) is 10.2 Å². The molecule has 1 saturated carbocycles. The molecule has 0 radical (unpaired) electrons. The first kappa shape index (κ1) is 59.7. The maximum absolute atomic E-state index is 14.8. The second-order valence-electron chi connectivity index (χ2n) is 20.4. The summed E-state index contributed by atoms with van der Waals surface area (Å²) in [4.78, 5) is 36.2. The molecule has 2 aromatic rings. The highest BCUT2D eigenvalue weighted by molar-refractivity contribution is 6.03. The number of unbranched alkanes of at least 4 members (excludes halogenated alkanes) is 11. The zero-order valence-corrected chi connectivity index (χ0v) is 44.9. The van der Waals surface area contributed by atoms with E-state index in [1.54, 1.807) is 17.0 Å². The molecule has 0 spiro atoms. The summed E-state index contributed by atoms with van der Waals surface area (Å²) in [5, 5.41) is 37.7. The van der Waals surface area contributed by atoms with Crippen molar-refractivity contribution in [3.63, 3.8) is 0 Å². The van der Waals surface area contributed by atoms with Gasteiger partial charge in [-0.15, -0.1) is 6.58 Å². The molecule has 2 fully saturated rings. The van der Waals surface area contributed by atoms with E-state index in [-0.39, 0.29) is 83.6 Å². The Morgan fingerprint density at radius 2 is 1.61 bits per heavy atom. The van der Waals surface area contributed by atoms with Crippen LogP contribution in [0.25, 0.3) is 0 Å². The first-order valence-electron chi connectivity index (χ1n) is 28.4. The monoisotopic (exact) mass is 1050 g/mol. The van der Waals surface area contributed by atoms with Crippen LogP contribution in [0.15, 0.2) is 78.0 Å². The third-order valence-electron chi connectivity index (χ3n) is 15.0. The predicted molar refractivity (Wildman–Crippen MR) is 288 cm³/mol. The normalized spacial score (nSPS) is 23.3. The molecule has 6 rings (SSSR count). The van der Waals surface area contributed by atoms with E-state index in [1.807, 2.05) is 42.5 Å². The lowest BCUT2D eigenvalue weighted by Gasteiger charge is -2.59. The van der Waals surface area contributed by atoms with Crippen LogP contribution in [0.4, 0.5) is 9.59 Å². The number of aliphatic hydroxyl groups is 3. The number of carbonyl (C=O) groups is 2. The average Bonchev–Trinajstić information content (AvgIpc) is 3.44. The van der Waals surface area contributed by atoms with Crippen LogP contribution >= 0.6 is 0 Å². The highest BCUT2D eigenvalue weighted by Crippen LogP contribution is 2.62. The Bertz CT molecular complexity index is 2030. The molecule has 7 atom stereocenters. The van der Waals surface area contributed by atoms with Crippen LogP contribution < -0.4 is 14.8 Å². The number of hydrogen-bond donors (Lipinski definition) is 4. The Balaban J connectivity index is 1.37. The average molecular weight is 1050 g/mol. The van der Waals surface area contributed by atoms with Crippen molar-refractivity contribution in [1.29, 1.82) is 0 Å². The SMILES string of the molecule is C=CCOC12Oc3ccc(OC(=O)NCCCCCCCCCCCC)cc3C3C(CCCCO)C(CCCCO)C=C(C(=NOC4CCCCO4)CC1N(CCOCCO)C(=O)OCCOCc1ccccc1)C32. The molecular formula is C59H89N3O13. The van der Waals surface area contributed by atoms with E-state index in [9.17, 15) is 24.9 Å². The van der Waals surface area contributed by atoms with E-state index in [1.165, 1.54) is 44.9 Å². The fourth-order valence-electron chi connectivity index (χ4n) is 11.3. The zero-order chi connectivity index (χ0) is 52.9. The summed E-state index contributed by atoms with van der Waals surface area (Å²) in [7, 11) is 0. The maximum Gasteiger partial charge on any atom is 0.412 e. The van der Waals surface area contributed by atoms with Gasteiger partial charge in [-0.3, -0.25) is 4.90 Å². The first-order chi connectivity index (χ1) is 36.9. The molecule has 0 bridgehead atoms. The van der Waals surface area contributed by atoms with Gasteiger partial charge in [0, 0.05) is 50.6 Å². The van der Waals surface area contributed by atoms with Gasteiger partial charge in [0.1, 0.15) is 24.1 Å². The van der Waals surface area contributed by atoms with Crippen LogP contribution in [0.3, 0.4) is 0 Å². The molecule has 1 saturated heterocycles. The smallest absolute Gasteiger partial charge is 0.412 e. The number of hydrogen-bond acceptors (Lipinski definition) is 14. The second-order valence-corrected chi connectivity index (χ2v) is 20.4.